The van der Waals surface area contributed by atoms with Crippen molar-refractivity contribution in [3.8, 4) is 0 Å². The lowest BCUT2D eigenvalue weighted by Gasteiger charge is -2.17. The maximum atomic E-state index is 13.7. The Kier molecular flexibility index (Phi) is 3.80. The molecule has 19 heavy (non-hydrogen) atoms. The third-order valence-electron chi connectivity index (χ3n) is 3.26. The van der Waals surface area contributed by atoms with Gasteiger partial charge < -0.3 is 10.1 Å². The maximum Gasteiger partial charge on any atom is 0.230 e. The summed E-state index contributed by atoms with van der Waals surface area (Å²) in [6.45, 7) is 0.581. The van der Waals surface area contributed by atoms with Crippen LogP contribution in [0.2, 0.25) is 0 Å². The standard InChI is InChI=1S/C13H14F3NO2/c1-19-5-4-17-12(18)13(2-3-13)11-9(15)6-8(14)7-10(11)16/h6-7H,2-5H2,1H3,(H,17,18). The first-order valence-corrected chi connectivity index (χ1v) is 5.93. The van der Waals surface area contributed by atoms with E-state index < -0.39 is 28.8 Å². The minimum atomic E-state index is -1.20. The van der Waals surface area contributed by atoms with Gasteiger partial charge in [-0.1, -0.05) is 0 Å². The number of halogens is 3. The van der Waals surface area contributed by atoms with Gasteiger partial charge in [0.05, 0.1) is 12.0 Å². The molecule has 0 aliphatic heterocycles. The molecule has 1 aromatic carbocycles. The van der Waals surface area contributed by atoms with E-state index in [0.29, 0.717) is 31.6 Å². The molecule has 104 valence electrons. The summed E-state index contributed by atoms with van der Waals surface area (Å²) < 4.78 is 45.1. The number of amides is 1. The Morgan fingerprint density at radius 2 is 1.89 bits per heavy atom. The Morgan fingerprint density at radius 1 is 1.32 bits per heavy atom. The fraction of sp³-hybridized carbons (Fsp3) is 0.462. The molecule has 1 N–H and O–H groups in total. The maximum absolute atomic E-state index is 13.7. The van der Waals surface area contributed by atoms with Crippen LogP contribution in [0.15, 0.2) is 12.1 Å². The summed E-state index contributed by atoms with van der Waals surface area (Å²) in [5, 5.41) is 2.56. The minimum absolute atomic E-state index is 0.265. The second-order valence-electron chi connectivity index (χ2n) is 4.58. The van der Waals surface area contributed by atoms with Gasteiger partial charge in [0, 0.05) is 31.4 Å². The molecule has 0 unspecified atom stereocenters. The first-order chi connectivity index (χ1) is 9.01. The molecule has 1 aromatic rings. The Labute approximate surface area is 108 Å². The Morgan fingerprint density at radius 3 is 2.37 bits per heavy atom. The highest BCUT2D eigenvalue weighted by Crippen LogP contribution is 2.50. The third-order valence-corrected chi connectivity index (χ3v) is 3.26. The molecule has 0 saturated heterocycles. The van der Waals surface area contributed by atoms with E-state index >= 15 is 0 Å². The fourth-order valence-corrected chi connectivity index (χ4v) is 2.15. The number of carbonyl (C=O) groups excluding carboxylic acids is 1. The third kappa shape index (κ3) is 2.58. The molecule has 1 aliphatic carbocycles. The van der Waals surface area contributed by atoms with E-state index in [4.69, 9.17) is 4.74 Å². The Balaban J connectivity index is 2.23. The Bertz CT molecular complexity index is 478. The lowest BCUT2D eigenvalue weighted by molar-refractivity contribution is -0.123. The van der Waals surface area contributed by atoms with E-state index in [2.05, 4.69) is 5.32 Å². The van der Waals surface area contributed by atoms with Crippen LogP contribution in [0.5, 0.6) is 0 Å². The van der Waals surface area contributed by atoms with E-state index in [1.54, 1.807) is 0 Å². The van der Waals surface area contributed by atoms with E-state index in [-0.39, 0.29) is 12.1 Å². The quantitative estimate of drug-likeness (QED) is 0.832. The van der Waals surface area contributed by atoms with E-state index in [9.17, 15) is 18.0 Å². The van der Waals surface area contributed by atoms with Gasteiger partial charge in [-0.25, -0.2) is 13.2 Å². The number of hydrogen-bond donors (Lipinski definition) is 1. The first kappa shape index (κ1) is 13.9. The smallest absolute Gasteiger partial charge is 0.230 e. The highest BCUT2D eigenvalue weighted by atomic mass is 19.1. The fourth-order valence-electron chi connectivity index (χ4n) is 2.15. The molecular weight excluding hydrogens is 259 g/mol. The lowest BCUT2D eigenvalue weighted by atomic mass is 9.93. The molecule has 1 aliphatic rings. The van der Waals surface area contributed by atoms with Crippen LogP contribution in [0, 0.1) is 17.5 Å². The summed E-state index contributed by atoms with van der Waals surface area (Å²) in [5.41, 5.74) is -1.54. The molecule has 1 fully saturated rings. The second-order valence-corrected chi connectivity index (χ2v) is 4.58. The number of hydrogen-bond acceptors (Lipinski definition) is 2. The topological polar surface area (TPSA) is 38.3 Å². The monoisotopic (exact) mass is 273 g/mol. The second kappa shape index (κ2) is 5.21. The Hall–Kier alpha value is -1.56. The largest absolute Gasteiger partial charge is 0.383 e. The first-order valence-electron chi connectivity index (χ1n) is 5.93. The molecule has 1 amide bonds. The summed E-state index contributed by atoms with van der Waals surface area (Å²) in [7, 11) is 1.48. The van der Waals surface area contributed by atoms with E-state index in [1.165, 1.54) is 7.11 Å². The molecule has 0 atom stereocenters. The summed E-state index contributed by atoms with van der Waals surface area (Å²) in [5.74, 6) is -3.47. The minimum Gasteiger partial charge on any atom is -0.383 e. The van der Waals surface area contributed by atoms with Gasteiger partial charge in [0.1, 0.15) is 17.5 Å². The van der Waals surface area contributed by atoms with E-state index in [1.807, 2.05) is 0 Å². The predicted octanol–water partition coefficient (Wildman–Crippen LogP) is 1.90. The summed E-state index contributed by atoms with van der Waals surface area (Å²) >= 11 is 0. The van der Waals surface area contributed by atoms with Crippen LogP contribution >= 0.6 is 0 Å². The van der Waals surface area contributed by atoms with E-state index in [0.717, 1.165) is 0 Å². The van der Waals surface area contributed by atoms with Gasteiger partial charge in [0.25, 0.3) is 0 Å². The van der Waals surface area contributed by atoms with Crippen molar-refractivity contribution in [1.29, 1.82) is 0 Å². The van der Waals surface area contributed by atoms with Gasteiger partial charge in [0.15, 0.2) is 0 Å². The van der Waals surface area contributed by atoms with Crippen molar-refractivity contribution in [3.63, 3.8) is 0 Å². The zero-order chi connectivity index (χ0) is 14.0. The normalized spacial score (nSPS) is 16.2. The van der Waals surface area contributed by atoms with Gasteiger partial charge in [-0.15, -0.1) is 0 Å². The molecular formula is C13H14F3NO2. The number of benzene rings is 1. The zero-order valence-corrected chi connectivity index (χ0v) is 10.4. The molecule has 0 radical (unpaired) electrons. The summed E-state index contributed by atoms with van der Waals surface area (Å²) in [6, 6.07) is 1.20. The van der Waals surface area contributed by atoms with Crippen molar-refractivity contribution in [2.45, 2.75) is 18.3 Å². The zero-order valence-electron chi connectivity index (χ0n) is 10.4. The molecule has 0 aromatic heterocycles. The van der Waals surface area contributed by atoms with Crippen LogP contribution in [0.1, 0.15) is 18.4 Å². The molecule has 0 bridgehead atoms. The predicted molar refractivity (Wildman–Crippen MR) is 62.1 cm³/mol. The SMILES string of the molecule is COCCNC(=O)C1(c2c(F)cc(F)cc2F)CC1. The van der Waals surface area contributed by atoms with Gasteiger partial charge in [-0.05, 0) is 12.8 Å². The van der Waals surface area contributed by atoms with Crippen molar-refractivity contribution in [1.82, 2.24) is 5.32 Å². The van der Waals surface area contributed by atoms with Crippen LogP contribution in [-0.2, 0) is 14.9 Å². The van der Waals surface area contributed by atoms with Crippen LogP contribution in [0.4, 0.5) is 13.2 Å². The van der Waals surface area contributed by atoms with Crippen molar-refractivity contribution in [2.75, 3.05) is 20.3 Å². The molecule has 2 rings (SSSR count). The van der Waals surface area contributed by atoms with Crippen LogP contribution in [0.3, 0.4) is 0 Å². The number of methoxy groups -OCH3 is 1. The van der Waals surface area contributed by atoms with Crippen LogP contribution in [0.25, 0.3) is 0 Å². The van der Waals surface area contributed by atoms with Crippen molar-refractivity contribution in [2.24, 2.45) is 0 Å². The highest BCUT2D eigenvalue weighted by molar-refractivity contribution is 5.91. The van der Waals surface area contributed by atoms with Gasteiger partial charge in [-0.2, -0.15) is 0 Å². The van der Waals surface area contributed by atoms with Crippen molar-refractivity contribution in [3.05, 3.63) is 35.1 Å². The number of ether oxygens (including phenoxy) is 1. The average Bonchev–Trinajstić information content (AvgIpc) is 3.09. The molecule has 1 saturated carbocycles. The van der Waals surface area contributed by atoms with Crippen LogP contribution < -0.4 is 5.32 Å². The highest BCUT2D eigenvalue weighted by Gasteiger charge is 2.54. The molecule has 0 heterocycles. The number of rotatable bonds is 5. The summed E-state index contributed by atoms with van der Waals surface area (Å²) in [4.78, 5) is 12.0. The van der Waals surface area contributed by atoms with Crippen LogP contribution in [-0.4, -0.2) is 26.2 Å². The molecule has 3 nitrogen and oxygen atoms in total. The molecule has 6 heteroatoms. The van der Waals surface area contributed by atoms with Gasteiger partial charge in [0.2, 0.25) is 5.91 Å². The number of carbonyl (C=O) groups is 1. The van der Waals surface area contributed by atoms with Gasteiger partial charge in [-0.3, -0.25) is 4.79 Å². The van der Waals surface area contributed by atoms with Crippen molar-refractivity contribution >= 4 is 5.91 Å². The summed E-state index contributed by atoms with van der Waals surface area (Å²) in [6.07, 6.45) is 0.705. The average molecular weight is 273 g/mol. The lowest BCUT2D eigenvalue weighted by Crippen LogP contribution is -2.37. The molecule has 0 spiro atoms. The van der Waals surface area contributed by atoms with Crippen molar-refractivity contribution < 1.29 is 22.7 Å². The number of nitrogens with one attached hydrogen (secondary N) is 1. The van der Waals surface area contributed by atoms with Gasteiger partial charge >= 0.3 is 0 Å².